The van der Waals surface area contributed by atoms with Crippen LogP contribution in [-0.4, -0.2) is 18.8 Å². The first-order valence-corrected chi connectivity index (χ1v) is 5.23. The van der Waals surface area contributed by atoms with E-state index in [1.54, 1.807) is 0 Å². The molecule has 1 aliphatic rings. The number of nitrogens with one attached hydrogen (secondary N) is 1. The van der Waals surface area contributed by atoms with Crippen LogP contribution >= 0.6 is 0 Å². The molecule has 2 heteroatoms. The minimum Gasteiger partial charge on any atom is -0.382 e. The maximum Gasteiger partial charge on any atom is 0.0791 e. The fourth-order valence-corrected chi connectivity index (χ4v) is 1.89. The molecule has 0 radical (unpaired) electrons. The van der Waals surface area contributed by atoms with E-state index in [1.807, 2.05) is 0 Å². The van der Waals surface area contributed by atoms with Gasteiger partial charge in [0, 0.05) is 18.7 Å². The van der Waals surface area contributed by atoms with Gasteiger partial charge in [0.1, 0.15) is 0 Å². The van der Waals surface area contributed by atoms with Crippen molar-refractivity contribution >= 4 is 5.69 Å². The van der Waals surface area contributed by atoms with E-state index >= 15 is 0 Å². The second-order valence-corrected chi connectivity index (χ2v) is 4.05. The molecule has 76 valence electrons. The fraction of sp³-hybridized carbons (Fsp3) is 0.500. The van der Waals surface area contributed by atoms with Crippen LogP contribution in [0.3, 0.4) is 0 Å². The summed E-state index contributed by atoms with van der Waals surface area (Å²) in [6.45, 7) is 5.09. The van der Waals surface area contributed by atoms with Crippen LogP contribution in [0.15, 0.2) is 24.3 Å². The molecule has 0 fully saturated rings. The van der Waals surface area contributed by atoms with Crippen molar-refractivity contribution in [2.75, 3.05) is 11.9 Å². The molecule has 0 bridgehead atoms. The van der Waals surface area contributed by atoms with Crippen molar-refractivity contribution in [3.63, 3.8) is 0 Å². The quantitative estimate of drug-likeness (QED) is 0.775. The minimum absolute atomic E-state index is 0.312. The zero-order valence-corrected chi connectivity index (χ0v) is 8.79. The molecule has 0 saturated carbocycles. The molecule has 0 saturated heterocycles. The van der Waals surface area contributed by atoms with Crippen molar-refractivity contribution in [3.8, 4) is 0 Å². The Bertz CT molecular complexity index is 309. The Kier molecular flexibility index (Phi) is 2.73. The Labute approximate surface area is 85.3 Å². The monoisotopic (exact) mass is 191 g/mol. The first-order chi connectivity index (χ1) is 6.75. The van der Waals surface area contributed by atoms with E-state index in [-0.39, 0.29) is 0 Å². The Balaban J connectivity index is 2.06. The lowest BCUT2D eigenvalue weighted by atomic mass is 10.0. The highest BCUT2D eigenvalue weighted by Crippen LogP contribution is 2.22. The van der Waals surface area contributed by atoms with Crippen LogP contribution in [-0.2, 0) is 11.2 Å². The smallest absolute Gasteiger partial charge is 0.0791 e. The Morgan fingerprint density at radius 3 is 2.93 bits per heavy atom. The summed E-state index contributed by atoms with van der Waals surface area (Å²) in [5, 5.41) is 3.39. The van der Waals surface area contributed by atoms with E-state index in [0.29, 0.717) is 12.2 Å². The van der Waals surface area contributed by atoms with Crippen LogP contribution in [0.2, 0.25) is 0 Å². The molecule has 1 heterocycles. The summed E-state index contributed by atoms with van der Waals surface area (Å²) in [5.74, 6) is 0. The summed E-state index contributed by atoms with van der Waals surface area (Å²) in [6.07, 6.45) is 1.67. The van der Waals surface area contributed by atoms with Crippen molar-refractivity contribution in [2.45, 2.75) is 32.5 Å². The number of anilines is 1. The van der Waals surface area contributed by atoms with Crippen LogP contribution < -0.4 is 5.32 Å². The van der Waals surface area contributed by atoms with Gasteiger partial charge in [-0.25, -0.2) is 0 Å². The van der Waals surface area contributed by atoms with Gasteiger partial charge >= 0.3 is 0 Å². The van der Waals surface area contributed by atoms with Crippen molar-refractivity contribution < 1.29 is 4.74 Å². The third kappa shape index (κ3) is 2.07. The van der Waals surface area contributed by atoms with Crippen LogP contribution in [0.4, 0.5) is 5.69 Å². The molecule has 1 atom stereocenters. The van der Waals surface area contributed by atoms with E-state index in [9.17, 15) is 0 Å². The molecule has 1 N–H and O–H groups in total. The number of ether oxygens (including phenoxy) is 1. The van der Waals surface area contributed by atoms with Crippen LogP contribution in [0.1, 0.15) is 19.4 Å². The highest BCUT2D eigenvalue weighted by atomic mass is 16.5. The molecule has 1 aliphatic heterocycles. The number of hydrogen-bond donors (Lipinski definition) is 1. The van der Waals surface area contributed by atoms with Gasteiger partial charge in [-0.3, -0.25) is 0 Å². The molecule has 1 unspecified atom stereocenters. The first-order valence-electron chi connectivity index (χ1n) is 5.23. The van der Waals surface area contributed by atoms with Gasteiger partial charge < -0.3 is 10.1 Å². The summed E-state index contributed by atoms with van der Waals surface area (Å²) in [7, 11) is 0. The zero-order chi connectivity index (χ0) is 9.97. The highest BCUT2D eigenvalue weighted by Gasteiger charge is 2.18. The number of benzene rings is 1. The lowest BCUT2D eigenvalue weighted by Crippen LogP contribution is -2.32. The topological polar surface area (TPSA) is 21.3 Å². The number of hydrogen-bond acceptors (Lipinski definition) is 2. The molecule has 1 aromatic carbocycles. The van der Waals surface area contributed by atoms with Crippen molar-refractivity contribution in [2.24, 2.45) is 0 Å². The van der Waals surface area contributed by atoms with Gasteiger partial charge in [0.25, 0.3) is 0 Å². The summed E-state index contributed by atoms with van der Waals surface area (Å²) in [5.41, 5.74) is 2.63. The number of rotatable bonds is 2. The van der Waals surface area contributed by atoms with Crippen LogP contribution in [0.5, 0.6) is 0 Å². The van der Waals surface area contributed by atoms with Crippen molar-refractivity contribution in [1.82, 2.24) is 0 Å². The second-order valence-electron chi connectivity index (χ2n) is 4.05. The van der Waals surface area contributed by atoms with Crippen LogP contribution in [0.25, 0.3) is 0 Å². The summed E-state index contributed by atoms with van der Waals surface area (Å²) >= 11 is 0. The predicted molar refractivity (Wildman–Crippen MR) is 58.6 cm³/mol. The molecule has 2 rings (SSSR count). The largest absolute Gasteiger partial charge is 0.382 e. The van der Waals surface area contributed by atoms with Crippen molar-refractivity contribution in [1.29, 1.82) is 0 Å². The third-order valence-corrected chi connectivity index (χ3v) is 2.45. The van der Waals surface area contributed by atoms with E-state index in [0.717, 1.165) is 13.0 Å². The lowest BCUT2D eigenvalue weighted by molar-refractivity contribution is 0.0145. The van der Waals surface area contributed by atoms with Gasteiger partial charge in [0.2, 0.25) is 0 Å². The Morgan fingerprint density at radius 1 is 1.36 bits per heavy atom. The van der Waals surface area contributed by atoms with Gasteiger partial charge in [0.15, 0.2) is 0 Å². The van der Waals surface area contributed by atoms with E-state index < -0.39 is 0 Å². The molecule has 0 aromatic heterocycles. The van der Waals surface area contributed by atoms with E-state index in [1.165, 1.54) is 11.3 Å². The number of fused-ring (bicyclic) bond motifs is 1. The Morgan fingerprint density at radius 2 is 2.14 bits per heavy atom. The molecule has 0 spiro atoms. The molecule has 0 aliphatic carbocycles. The van der Waals surface area contributed by atoms with Gasteiger partial charge in [-0.1, -0.05) is 18.2 Å². The molecule has 1 aromatic rings. The van der Waals surface area contributed by atoms with Gasteiger partial charge in [-0.15, -0.1) is 0 Å². The zero-order valence-electron chi connectivity index (χ0n) is 8.79. The standard InChI is InChI=1S/C12H17NO/c1-9(2)14-11-7-10-5-3-4-6-12(10)13-8-11/h3-6,9,11,13H,7-8H2,1-2H3. The molecular formula is C12H17NO. The first kappa shape index (κ1) is 9.53. The molecule has 14 heavy (non-hydrogen) atoms. The summed E-state index contributed by atoms with van der Waals surface area (Å²) < 4.78 is 5.79. The maximum absolute atomic E-state index is 5.79. The summed E-state index contributed by atoms with van der Waals surface area (Å²) in [6, 6.07) is 8.44. The fourth-order valence-electron chi connectivity index (χ4n) is 1.89. The Hall–Kier alpha value is -1.02. The van der Waals surface area contributed by atoms with Crippen LogP contribution in [0, 0.1) is 0 Å². The maximum atomic E-state index is 5.79. The molecule has 2 nitrogen and oxygen atoms in total. The summed E-state index contributed by atoms with van der Waals surface area (Å²) in [4.78, 5) is 0. The van der Waals surface area contributed by atoms with Gasteiger partial charge in [0.05, 0.1) is 12.2 Å². The van der Waals surface area contributed by atoms with Gasteiger partial charge in [-0.05, 0) is 25.5 Å². The normalized spacial score (nSPS) is 20.4. The average molecular weight is 191 g/mol. The molecule has 0 amide bonds. The second kappa shape index (κ2) is 4.01. The van der Waals surface area contributed by atoms with E-state index in [4.69, 9.17) is 4.74 Å². The molecular weight excluding hydrogens is 174 g/mol. The average Bonchev–Trinajstić information content (AvgIpc) is 2.17. The lowest BCUT2D eigenvalue weighted by Gasteiger charge is -2.27. The van der Waals surface area contributed by atoms with Crippen molar-refractivity contribution in [3.05, 3.63) is 29.8 Å². The minimum atomic E-state index is 0.312. The number of para-hydroxylation sites is 1. The third-order valence-electron chi connectivity index (χ3n) is 2.45. The SMILES string of the molecule is CC(C)OC1CNc2ccccc2C1. The predicted octanol–water partition coefficient (Wildman–Crippen LogP) is 2.45. The van der Waals surface area contributed by atoms with Gasteiger partial charge in [-0.2, -0.15) is 0 Å². The van der Waals surface area contributed by atoms with E-state index in [2.05, 4.69) is 43.4 Å². The highest BCUT2D eigenvalue weighted by molar-refractivity contribution is 5.53.